The zero-order valence-corrected chi connectivity index (χ0v) is 51.3. The molecule has 0 saturated heterocycles. The normalized spacial score (nSPS) is 13.0. The van der Waals surface area contributed by atoms with Crippen molar-refractivity contribution in [2.24, 2.45) is 0 Å². The Morgan fingerprint density at radius 1 is 0.266 bits per heavy atom. The van der Waals surface area contributed by atoms with Crippen LogP contribution in [0.15, 0.2) is 134 Å². The van der Waals surface area contributed by atoms with Crippen LogP contribution in [0.1, 0.15) is 290 Å². The average molecular weight is 1090 g/mol. The molecule has 6 nitrogen and oxygen atoms in total. The molecule has 0 aliphatic carbocycles. The first-order valence-corrected chi connectivity index (χ1v) is 32.7. The first kappa shape index (κ1) is 74.5. The van der Waals surface area contributed by atoms with Gasteiger partial charge >= 0.3 is 17.9 Å². The molecular formula is C73H120O6. The van der Waals surface area contributed by atoms with Crippen LogP contribution >= 0.6 is 0 Å². The van der Waals surface area contributed by atoms with Crippen molar-refractivity contribution in [2.75, 3.05) is 13.2 Å². The van der Waals surface area contributed by atoms with E-state index in [4.69, 9.17) is 14.2 Å². The van der Waals surface area contributed by atoms with Crippen molar-refractivity contribution in [3.8, 4) is 0 Å². The fraction of sp³-hybridized carbons (Fsp3) is 0.658. The number of unbranched alkanes of at least 4 members (excludes halogenated alkanes) is 25. The molecule has 0 aromatic rings. The largest absolute Gasteiger partial charge is 0.462 e. The third-order valence-electron chi connectivity index (χ3n) is 13.6. The number of carbonyl (C=O) groups is 3. The van der Waals surface area contributed by atoms with E-state index in [0.717, 1.165) is 154 Å². The third-order valence-corrected chi connectivity index (χ3v) is 13.6. The zero-order valence-electron chi connectivity index (χ0n) is 51.3. The van der Waals surface area contributed by atoms with E-state index in [1.54, 1.807) is 0 Å². The summed E-state index contributed by atoms with van der Waals surface area (Å²) >= 11 is 0. The highest BCUT2D eigenvalue weighted by atomic mass is 16.6. The van der Waals surface area contributed by atoms with E-state index in [0.29, 0.717) is 19.3 Å². The summed E-state index contributed by atoms with van der Waals surface area (Å²) in [6.07, 6.45) is 93.0. The summed E-state index contributed by atoms with van der Waals surface area (Å²) < 4.78 is 16.9. The minimum absolute atomic E-state index is 0.100. The highest BCUT2D eigenvalue weighted by Crippen LogP contribution is 2.15. The fourth-order valence-corrected chi connectivity index (χ4v) is 8.72. The van der Waals surface area contributed by atoms with Gasteiger partial charge in [-0.3, -0.25) is 14.4 Å². The number of esters is 3. The molecular weight excluding hydrogens is 973 g/mol. The van der Waals surface area contributed by atoms with Crippen LogP contribution < -0.4 is 0 Å². The molecule has 0 heterocycles. The molecule has 448 valence electrons. The molecule has 0 amide bonds. The molecule has 0 aromatic heterocycles. The second-order valence-electron chi connectivity index (χ2n) is 21.3. The van der Waals surface area contributed by atoms with Gasteiger partial charge in [0, 0.05) is 19.3 Å². The molecule has 1 unspecified atom stereocenters. The molecule has 0 fully saturated rings. The van der Waals surface area contributed by atoms with Crippen molar-refractivity contribution in [2.45, 2.75) is 297 Å². The number of carbonyl (C=O) groups excluding carboxylic acids is 3. The first-order chi connectivity index (χ1) is 39.0. The summed E-state index contributed by atoms with van der Waals surface area (Å²) in [6, 6.07) is 0. The molecule has 0 radical (unpaired) electrons. The van der Waals surface area contributed by atoms with Gasteiger partial charge in [-0.25, -0.2) is 0 Å². The molecule has 0 saturated carbocycles. The lowest BCUT2D eigenvalue weighted by Crippen LogP contribution is -2.30. The minimum Gasteiger partial charge on any atom is -0.462 e. The van der Waals surface area contributed by atoms with Crippen LogP contribution in [-0.2, 0) is 28.6 Å². The Labute approximate surface area is 487 Å². The molecule has 0 aliphatic heterocycles. The van der Waals surface area contributed by atoms with E-state index < -0.39 is 6.10 Å². The molecule has 79 heavy (non-hydrogen) atoms. The Morgan fingerprint density at radius 3 is 0.797 bits per heavy atom. The van der Waals surface area contributed by atoms with Gasteiger partial charge < -0.3 is 14.2 Å². The number of hydrogen-bond acceptors (Lipinski definition) is 6. The van der Waals surface area contributed by atoms with Gasteiger partial charge in [-0.2, -0.15) is 0 Å². The summed E-state index contributed by atoms with van der Waals surface area (Å²) in [5.74, 6) is -0.943. The molecule has 0 rings (SSSR count). The van der Waals surface area contributed by atoms with Crippen molar-refractivity contribution in [1.82, 2.24) is 0 Å². The fourth-order valence-electron chi connectivity index (χ4n) is 8.72. The molecule has 0 N–H and O–H groups in total. The van der Waals surface area contributed by atoms with Gasteiger partial charge in [-0.15, -0.1) is 0 Å². The Bertz CT molecular complexity index is 1680. The second-order valence-corrected chi connectivity index (χ2v) is 21.3. The lowest BCUT2D eigenvalue weighted by atomic mass is 10.1. The summed E-state index contributed by atoms with van der Waals surface area (Å²) in [4.78, 5) is 38.4. The van der Waals surface area contributed by atoms with Crippen molar-refractivity contribution >= 4 is 17.9 Å². The lowest BCUT2D eigenvalue weighted by molar-refractivity contribution is -0.167. The monoisotopic (exact) mass is 1090 g/mol. The molecule has 6 heteroatoms. The minimum atomic E-state index is -0.806. The highest BCUT2D eigenvalue weighted by Gasteiger charge is 2.19. The Balaban J connectivity index is 4.47. The topological polar surface area (TPSA) is 78.9 Å². The van der Waals surface area contributed by atoms with Crippen LogP contribution in [0.4, 0.5) is 0 Å². The molecule has 0 aromatic carbocycles. The van der Waals surface area contributed by atoms with Gasteiger partial charge in [0.2, 0.25) is 0 Å². The van der Waals surface area contributed by atoms with Crippen molar-refractivity contribution in [3.63, 3.8) is 0 Å². The highest BCUT2D eigenvalue weighted by molar-refractivity contribution is 5.71. The van der Waals surface area contributed by atoms with Gasteiger partial charge in [0.1, 0.15) is 13.2 Å². The number of allylic oxidation sites excluding steroid dienone is 22. The van der Waals surface area contributed by atoms with E-state index >= 15 is 0 Å². The summed E-state index contributed by atoms with van der Waals surface area (Å²) in [5, 5.41) is 0. The summed E-state index contributed by atoms with van der Waals surface area (Å²) in [5.41, 5.74) is 0. The van der Waals surface area contributed by atoms with Crippen LogP contribution in [0.3, 0.4) is 0 Å². The van der Waals surface area contributed by atoms with Gasteiger partial charge in [0.15, 0.2) is 6.10 Å². The Morgan fingerprint density at radius 2 is 0.494 bits per heavy atom. The maximum Gasteiger partial charge on any atom is 0.306 e. The van der Waals surface area contributed by atoms with Gasteiger partial charge in [-0.1, -0.05) is 264 Å². The molecule has 0 bridgehead atoms. The van der Waals surface area contributed by atoms with Crippen molar-refractivity contribution in [3.05, 3.63) is 134 Å². The SMILES string of the molecule is CC/C=C\C/C=C\C/C=C\C/C=C\C/C=C\C/C=C\CCCCCCC(=O)OCC(COC(=O)CCCCCCC/C=C\C/C=C\CCCCC)OC(=O)CCCCCCCCCC/C=C\C/C=C\C/C=C\CCCCCCC. The predicted molar refractivity (Wildman–Crippen MR) is 343 cm³/mol. The second kappa shape index (κ2) is 66.1. The predicted octanol–water partition coefficient (Wildman–Crippen LogP) is 22.5. The van der Waals surface area contributed by atoms with E-state index in [9.17, 15) is 14.4 Å². The van der Waals surface area contributed by atoms with Gasteiger partial charge in [0.05, 0.1) is 0 Å². The van der Waals surface area contributed by atoms with E-state index in [1.807, 2.05) is 0 Å². The summed E-state index contributed by atoms with van der Waals surface area (Å²) in [6.45, 7) is 6.46. The van der Waals surface area contributed by atoms with Crippen molar-refractivity contribution < 1.29 is 28.6 Å². The number of hydrogen-bond donors (Lipinski definition) is 0. The van der Waals surface area contributed by atoms with Crippen LogP contribution in [0, 0.1) is 0 Å². The quantitative estimate of drug-likeness (QED) is 0.0261. The van der Waals surface area contributed by atoms with Crippen LogP contribution in [0.5, 0.6) is 0 Å². The molecule has 1 atom stereocenters. The maximum absolute atomic E-state index is 12.9. The van der Waals surface area contributed by atoms with Gasteiger partial charge in [-0.05, 0) is 141 Å². The zero-order chi connectivity index (χ0) is 57.1. The third kappa shape index (κ3) is 64.3. The molecule has 0 aliphatic rings. The Hall–Kier alpha value is -4.45. The molecule has 0 spiro atoms. The maximum atomic E-state index is 12.9. The smallest absolute Gasteiger partial charge is 0.306 e. The number of rotatable bonds is 58. The van der Waals surface area contributed by atoms with Crippen molar-refractivity contribution in [1.29, 1.82) is 0 Å². The van der Waals surface area contributed by atoms with Crippen LogP contribution in [-0.4, -0.2) is 37.2 Å². The Kier molecular flexibility index (Phi) is 62.3. The van der Waals surface area contributed by atoms with Crippen LogP contribution in [0.2, 0.25) is 0 Å². The van der Waals surface area contributed by atoms with E-state index in [-0.39, 0.29) is 31.1 Å². The average Bonchev–Trinajstić information content (AvgIpc) is 3.45. The van der Waals surface area contributed by atoms with Gasteiger partial charge in [0.25, 0.3) is 0 Å². The van der Waals surface area contributed by atoms with E-state index in [2.05, 4.69) is 154 Å². The first-order valence-electron chi connectivity index (χ1n) is 32.7. The van der Waals surface area contributed by atoms with Crippen LogP contribution in [0.25, 0.3) is 0 Å². The standard InChI is InChI=1S/C73H120O6/c1-4-7-10-13-16-19-22-25-28-30-32-34-36-38-40-42-45-48-51-54-57-60-63-66-72(75)78-69-70(68-77-71(74)65-62-59-56-53-50-47-44-27-24-21-18-15-12-9-6-3)79-73(76)67-64-61-58-55-52-49-46-43-41-39-37-35-33-31-29-26-23-20-17-14-11-8-5-2/h7,10,16,18-19,21,23,25-28,31-34,37-40,44-45,48,70H,4-6,8-9,11-15,17,20,22,24,29-30,35-36,41-43,46-47,49-69H2,1-3H3/b10-7-,19-16-,21-18-,26-23-,28-25-,33-31-,34-32-,39-37-,40-38-,44-27-,48-45-. The lowest BCUT2D eigenvalue weighted by Gasteiger charge is -2.18. The number of ether oxygens (including phenoxy) is 3. The summed E-state index contributed by atoms with van der Waals surface area (Å²) in [7, 11) is 0. The van der Waals surface area contributed by atoms with E-state index in [1.165, 1.54) is 96.3 Å².